The van der Waals surface area contributed by atoms with E-state index in [9.17, 15) is 9.18 Å². The molecule has 5 heteroatoms. The Hall–Kier alpha value is -3.47. The minimum atomic E-state index is -0.296. The van der Waals surface area contributed by atoms with Crippen molar-refractivity contribution < 1.29 is 13.9 Å². The quantitative estimate of drug-likeness (QED) is 0.609. The zero-order chi connectivity index (χ0) is 19.8. The van der Waals surface area contributed by atoms with Crippen LogP contribution in [0.5, 0.6) is 5.75 Å². The second-order valence-corrected chi connectivity index (χ2v) is 6.33. The smallest absolute Gasteiger partial charge is 0.244 e. The molecule has 0 aliphatic rings. The molecule has 0 fully saturated rings. The van der Waals surface area contributed by atoms with Gasteiger partial charge in [0.25, 0.3) is 0 Å². The van der Waals surface area contributed by atoms with Gasteiger partial charge >= 0.3 is 0 Å². The van der Waals surface area contributed by atoms with Gasteiger partial charge in [0.05, 0.1) is 6.04 Å². The van der Waals surface area contributed by atoms with Gasteiger partial charge in [0.1, 0.15) is 18.2 Å². The van der Waals surface area contributed by atoms with Crippen LogP contribution in [0.1, 0.15) is 29.7 Å². The van der Waals surface area contributed by atoms with Crippen LogP contribution in [0, 0.1) is 5.82 Å². The molecule has 1 N–H and O–H groups in total. The highest BCUT2D eigenvalue weighted by Gasteiger charge is 2.07. The Bertz CT molecular complexity index is 923. The lowest BCUT2D eigenvalue weighted by atomic mass is 10.1. The van der Waals surface area contributed by atoms with Crippen molar-refractivity contribution >= 4 is 12.0 Å². The van der Waals surface area contributed by atoms with Gasteiger partial charge in [-0.1, -0.05) is 30.3 Å². The summed E-state index contributed by atoms with van der Waals surface area (Å²) in [7, 11) is 0. The minimum Gasteiger partial charge on any atom is -0.489 e. The standard InChI is InChI=1S/C23H21FN2O2/c1-17(20-7-9-21(24)10-8-20)26-23(27)13-6-18-4-11-22(12-5-18)28-16-19-3-2-14-25-15-19/h2-15,17H,16H2,1H3,(H,26,27)/b13-6+/t17-/m0/s1. The molecule has 0 radical (unpaired) electrons. The number of nitrogens with zero attached hydrogens (tertiary/aromatic N) is 1. The summed E-state index contributed by atoms with van der Waals surface area (Å²) in [6, 6.07) is 17.2. The zero-order valence-corrected chi connectivity index (χ0v) is 15.5. The molecule has 28 heavy (non-hydrogen) atoms. The molecule has 0 aliphatic heterocycles. The Balaban J connectivity index is 1.50. The number of ether oxygens (including phenoxy) is 1. The van der Waals surface area contributed by atoms with E-state index >= 15 is 0 Å². The van der Waals surface area contributed by atoms with E-state index in [2.05, 4.69) is 10.3 Å². The molecule has 1 aromatic heterocycles. The molecular formula is C23H21FN2O2. The number of nitrogens with one attached hydrogen (secondary N) is 1. The molecule has 0 saturated carbocycles. The Labute approximate surface area is 163 Å². The van der Waals surface area contributed by atoms with Crippen molar-refractivity contribution in [2.24, 2.45) is 0 Å². The van der Waals surface area contributed by atoms with Crippen molar-refractivity contribution in [2.45, 2.75) is 19.6 Å². The number of benzene rings is 2. The molecule has 2 aromatic carbocycles. The second kappa shape index (κ2) is 9.46. The van der Waals surface area contributed by atoms with Gasteiger partial charge in [-0.15, -0.1) is 0 Å². The summed E-state index contributed by atoms with van der Waals surface area (Å²) >= 11 is 0. The van der Waals surface area contributed by atoms with E-state index in [0.717, 1.165) is 22.4 Å². The largest absolute Gasteiger partial charge is 0.489 e. The van der Waals surface area contributed by atoms with Crippen LogP contribution in [-0.4, -0.2) is 10.9 Å². The van der Waals surface area contributed by atoms with Crippen molar-refractivity contribution in [3.63, 3.8) is 0 Å². The molecular weight excluding hydrogens is 355 g/mol. The normalized spacial score (nSPS) is 11.9. The predicted molar refractivity (Wildman–Crippen MR) is 107 cm³/mol. The lowest BCUT2D eigenvalue weighted by Crippen LogP contribution is -2.24. The van der Waals surface area contributed by atoms with Crippen LogP contribution in [0.3, 0.4) is 0 Å². The maximum atomic E-state index is 13.0. The molecule has 3 rings (SSSR count). The number of hydrogen-bond donors (Lipinski definition) is 1. The summed E-state index contributed by atoms with van der Waals surface area (Å²) in [5.41, 5.74) is 2.73. The van der Waals surface area contributed by atoms with E-state index in [4.69, 9.17) is 4.74 Å². The third-order valence-electron chi connectivity index (χ3n) is 4.16. The first-order valence-electron chi connectivity index (χ1n) is 8.96. The maximum Gasteiger partial charge on any atom is 0.244 e. The van der Waals surface area contributed by atoms with E-state index in [1.807, 2.05) is 43.3 Å². The highest BCUT2D eigenvalue weighted by molar-refractivity contribution is 5.91. The lowest BCUT2D eigenvalue weighted by Gasteiger charge is -2.12. The number of halogens is 1. The number of carbonyl (C=O) groups is 1. The fourth-order valence-electron chi connectivity index (χ4n) is 2.59. The fraction of sp³-hybridized carbons (Fsp3) is 0.130. The van der Waals surface area contributed by atoms with Crippen LogP contribution < -0.4 is 10.1 Å². The van der Waals surface area contributed by atoms with Crippen LogP contribution in [-0.2, 0) is 11.4 Å². The third kappa shape index (κ3) is 5.77. The van der Waals surface area contributed by atoms with Gasteiger partial charge in [-0.3, -0.25) is 9.78 Å². The van der Waals surface area contributed by atoms with Crippen molar-refractivity contribution in [3.05, 3.63) is 102 Å². The average Bonchev–Trinajstić information content (AvgIpc) is 2.72. The number of amides is 1. The molecule has 3 aromatic rings. The van der Waals surface area contributed by atoms with Crippen molar-refractivity contribution in [1.82, 2.24) is 10.3 Å². The highest BCUT2D eigenvalue weighted by atomic mass is 19.1. The first-order valence-corrected chi connectivity index (χ1v) is 8.96. The number of hydrogen-bond acceptors (Lipinski definition) is 3. The van der Waals surface area contributed by atoms with Crippen molar-refractivity contribution in [1.29, 1.82) is 0 Å². The topological polar surface area (TPSA) is 51.2 Å². The molecule has 0 aliphatic carbocycles. The van der Waals surface area contributed by atoms with Gasteiger partial charge in [-0.2, -0.15) is 0 Å². The summed E-state index contributed by atoms with van der Waals surface area (Å²) in [4.78, 5) is 16.1. The van der Waals surface area contributed by atoms with Gasteiger partial charge in [0, 0.05) is 24.0 Å². The van der Waals surface area contributed by atoms with Crippen LogP contribution >= 0.6 is 0 Å². The molecule has 4 nitrogen and oxygen atoms in total. The van der Waals surface area contributed by atoms with Gasteiger partial charge in [0.2, 0.25) is 5.91 Å². The zero-order valence-electron chi connectivity index (χ0n) is 15.5. The molecule has 0 bridgehead atoms. The van der Waals surface area contributed by atoms with E-state index in [1.54, 1.807) is 30.6 Å². The monoisotopic (exact) mass is 376 g/mol. The van der Waals surface area contributed by atoms with Crippen LogP contribution in [0.25, 0.3) is 6.08 Å². The molecule has 1 amide bonds. The predicted octanol–water partition coefficient (Wildman–Crippen LogP) is 4.69. The highest BCUT2D eigenvalue weighted by Crippen LogP contribution is 2.16. The first-order chi connectivity index (χ1) is 13.6. The second-order valence-electron chi connectivity index (χ2n) is 6.33. The van der Waals surface area contributed by atoms with E-state index < -0.39 is 0 Å². The van der Waals surface area contributed by atoms with Crippen molar-refractivity contribution in [2.75, 3.05) is 0 Å². The van der Waals surface area contributed by atoms with Crippen LogP contribution in [0.4, 0.5) is 4.39 Å². The summed E-state index contributed by atoms with van der Waals surface area (Å²) in [6.45, 7) is 2.31. The number of pyridine rings is 1. The summed E-state index contributed by atoms with van der Waals surface area (Å²) < 4.78 is 18.7. The Morgan fingerprint density at radius 1 is 1.14 bits per heavy atom. The lowest BCUT2D eigenvalue weighted by molar-refractivity contribution is -0.117. The van der Waals surface area contributed by atoms with Crippen LogP contribution in [0.15, 0.2) is 79.1 Å². The average molecular weight is 376 g/mol. The van der Waals surface area contributed by atoms with E-state index in [0.29, 0.717) is 6.61 Å². The number of rotatable bonds is 7. The number of aromatic nitrogens is 1. The summed E-state index contributed by atoms with van der Waals surface area (Å²) in [5.74, 6) is 0.235. The maximum absolute atomic E-state index is 13.0. The van der Waals surface area contributed by atoms with E-state index in [-0.39, 0.29) is 17.8 Å². The molecule has 1 heterocycles. The fourth-order valence-corrected chi connectivity index (χ4v) is 2.59. The Morgan fingerprint density at radius 2 is 1.89 bits per heavy atom. The Kier molecular flexibility index (Phi) is 6.52. The first kappa shape index (κ1) is 19.3. The number of carbonyl (C=O) groups excluding carboxylic acids is 1. The molecule has 0 spiro atoms. The SMILES string of the molecule is C[C@H](NC(=O)/C=C/c1ccc(OCc2cccnc2)cc1)c1ccc(F)cc1. The minimum absolute atomic E-state index is 0.207. The molecule has 0 saturated heterocycles. The summed E-state index contributed by atoms with van der Waals surface area (Å²) in [5, 5.41) is 2.86. The van der Waals surface area contributed by atoms with Gasteiger partial charge in [-0.05, 0) is 54.5 Å². The van der Waals surface area contributed by atoms with E-state index in [1.165, 1.54) is 18.2 Å². The van der Waals surface area contributed by atoms with Gasteiger partial charge in [0.15, 0.2) is 0 Å². The van der Waals surface area contributed by atoms with Crippen LogP contribution in [0.2, 0.25) is 0 Å². The molecule has 1 atom stereocenters. The molecule has 142 valence electrons. The van der Waals surface area contributed by atoms with Crippen molar-refractivity contribution in [3.8, 4) is 5.75 Å². The van der Waals surface area contributed by atoms with Gasteiger partial charge in [-0.25, -0.2) is 4.39 Å². The molecule has 0 unspecified atom stereocenters. The summed E-state index contributed by atoms with van der Waals surface area (Å²) in [6.07, 6.45) is 6.70. The van der Waals surface area contributed by atoms with Gasteiger partial charge < -0.3 is 10.1 Å². The Morgan fingerprint density at radius 3 is 2.57 bits per heavy atom. The third-order valence-corrected chi connectivity index (χ3v) is 4.16.